The zero-order valence-corrected chi connectivity index (χ0v) is 17.3. The Bertz CT molecular complexity index is 709. The molecule has 0 saturated carbocycles. The van der Waals surface area contributed by atoms with Crippen LogP contribution in [0.5, 0.6) is 5.75 Å². The van der Waals surface area contributed by atoms with Gasteiger partial charge in [-0.1, -0.05) is 22.0 Å². The third-order valence-corrected chi connectivity index (χ3v) is 5.11. The topological polar surface area (TPSA) is 82.1 Å². The largest absolute Gasteiger partial charge is 0.467 e. The van der Waals surface area contributed by atoms with E-state index in [2.05, 4.69) is 15.9 Å². The Balaban J connectivity index is 2.65. The maximum atomic E-state index is 13.4. The standard InChI is InChI=1S/C19H24BrNO6/c1-4-21-16-10-13(27-12-25-3)6-7-14(16)15(11-22)19(8-9-20,17(21)23)18(24)26-5-2/h6-7,10-11,15H,4-5,8-9,12H2,1-3H3/t15-,19-/m0/s1. The lowest BCUT2D eigenvalue weighted by Crippen LogP contribution is -2.57. The van der Waals surface area contributed by atoms with Crippen LogP contribution in [0.15, 0.2) is 18.2 Å². The Morgan fingerprint density at radius 2 is 2.11 bits per heavy atom. The molecular weight excluding hydrogens is 418 g/mol. The molecule has 0 aromatic heterocycles. The number of aldehydes is 1. The molecule has 1 aromatic carbocycles. The molecule has 0 saturated heterocycles. The molecule has 0 bridgehead atoms. The van der Waals surface area contributed by atoms with Crippen molar-refractivity contribution in [1.29, 1.82) is 0 Å². The summed E-state index contributed by atoms with van der Waals surface area (Å²) in [6.07, 6.45) is 0.824. The van der Waals surface area contributed by atoms with Crippen molar-refractivity contribution in [2.24, 2.45) is 5.41 Å². The van der Waals surface area contributed by atoms with Gasteiger partial charge in [0.2, 0.25) is 5.91 Å². The number of carbonyl (C=O) groups excluding carboxylic acids is 3. The summed E-state index contributed by atoms with van der Waals surface area (Å²) >= 11 is 3.32. The highest BCUT2D eigenvalue weighted by Gasteiger charge is 2.58. The van der Waals surface area contributed by atoms with Crippen molar-refractivity contribution in [3.63, 3.8) is 0 Å². The Morgan fingerprint density at radius 3 is 2.67 bits per heavy atom. The van der Waals surface area contributed by atoms with Crippen molar-refractivity contribution in [3.8, 4) is 5.75 Å². The molecule has 1 aromatic rings. The molecule has 27 heavy (non-hydrogen) atoms. The number of esters is 1. The Labute approximate surface area is 167 Å². The number of amides is 1. The molecule has 0 N–H and O–H groups in total. The maximum absolute atomic E-state index is 13.4. The first kappa shape index (κ1) is 21.4. The number of nitrogens with zero attached hydrogens (tertiary/aromatic N) is 1. The van der Waals surface area contributed by atoms with Gasteiger partial charge < -0.3 is 23.9 Å². The van der Waals surface area contributed by atoms with Crippen LogP contribution in [0.1, 0.15) is 31.7 Å². The van der Waals surface area contributed by atoms with Crippen LogP contribution in [0.2, 0.25) is 0 Å². The minimum atomic E-state index is -1.58. The zero-order valence-electron chi connectivity index (χ0n) is 15.7. The summed E-state index contributed by atoms with van der Waals surface area (Å²) in [6.45, 7) is 4.02. The van der Waals surface area contributed by atoms with Gasteiger partial charge in [-0.2, -0.15) is 0 Å². The van der Waals surface area contributed by atoms with Crippen LogP contribution >= 0.6 is 15.9 Å². The molecule has 0 unspecified atom stereocenters. The summed E-state index contributed by atoms with van der Waals surface area (Å²) in [4.78, 5) is 39.9. The molecule has 0 fully saturated rings. The molecule has 148 valence electrons. The molecule has 0 radical (unpaired) electrons. The number of anilines is 1. The Hall–Kier alpha value is -1.93. The van der Waals surface area contributed by atoms with Gasteiger partial charge in [0.25, 0.3) is 0 Å². The number of fused-ring (bicyclic) bond motifs is 1. The first-order chi connectivity index (χ1) is 13.0. The fourth-order valence-corrected chi connectivity index (χ4v) is 4.10. The number of carbonyl (C=O) groups is 3. The van der Waals surface area contributed by atoms with Gasteiger partial charge in [0.05, 0.1) is 18.2 Å². The molecule has 8 heteroatoms. The predicted molar refractivity (Wildman–Crippen MR) is 103 cm³/mol. The van der Waals surface area contributed by atoms with Crippen molar-refractivity contribution >= 4 is 39.8 Å². The zero-order chi connectivity index (χ0) is 20.0. The average Bonchev–Trinajstić information content (AvgIpc) is 2.67. The molecule has 7 nitrogen and oxygen atoms in total. The van der Waals surface area contributed by atoms with E-state index in [1.54, 1.807) is 25.1 Å². The van der Waals surface area contributed by atoms with Gasteiger partial charge in [-0.05, 0) is 31.9 Å². The Kier molecular flexibility index (Phi) is 7.38. The van der Waals surface area contributed by atoms with Gasteiger partial charge in [-0.15, -0.1) is 0 Å². The lowest BCUT2D eigenvalue weighted by Gasteiger charge is -2.44. The lowest BCUT2D eigenvalue weighted by molar-refractivity contribution is -0.163. The number of halogens is 1. The molecule has 0 aliphatic carbocycles. The lowest BCUT2D eigenvalue weighted by atomic mass is 9.66. The molecule has 2 atom stereocenters. The first-order valence-corrected chi connectivity index (χ1v) is 9.90. The number of hydrogen-bond donors (Lipinski definition) is 0. The summed E-state index contributed by atoms with van der Waals surface area (Å²) in [6, 6.07) is 5.11. The van der Waals surface area contributed by atoms with Gasteiger partial charge in [0, 0.05) is 25.1 Å². The van der Waals surface area contributed by atoms with Crippen LogP contribution in [0, 0.1) is 5.41 Å². The number of benzene rings is 1. The highest BCUT2D eigenvalue weighted by atomic mass is 79.9. The molecule has 1 aliphatic rings. The molecule has 1 heterocycles. The van der Waals surface area contributed by atoms with E-state index in [9.17, 15) is 14.4 Å². The van der Waals surface area contributed by atoms with Gasteiger partial charge in [-0.3, -0.25) is 9.59 Å². The molecule has 1 aliphatic heterocycles. The van der Waals surface area contributed by atoms with Crippen LogP contribution < -0.4 is 9.64 Å². The summed E-state index contributed by atoms with van der Waals surface area (Å²) in [5.41, 5.74) is -0.424. The molecule has 1 amide bonds. The van der Waals surface area contributed by atoms with Crippen LogP contribution in [-0.2, 0) is 23.9 Å². The fourth-order valence-electron chi connectivity index (χ4n) is 3.48. The van der Waals surface area contributed by atoms with E-state index in [-0.39, 0.29) is 19.8 Å². The fraction of sp³-hybridized carbons (Fsp3) is 0.526. The number of methoxy groups -OCH3 is 1. The number of alkyl halides is 1. The third kappa shape index (κ3) is 3.73. The first-order valence-electron chi connectivity index (χ1n) is 8.77. The van der Waals surface area contributed by atoms with Crippen molar-refractivity contribution < 1.29 is 28.6 Å². The quantitative estimate of drug-likeness (QED) is 0.192. The summed E-state index contributed by atoms with van der Waals surface area (Å²) in [5, 5.41) is 0.379. The van der Waals surface area contributed by atoms with Crippen LogP contribution in [0.25, 0.3) is 0 Å². The molecular formula is C19H24BrNO6. The monoisotopic (exact) mass is 441 g/mol. The van der Waals surface area contributed by atoms with Crippen LogP contribution in [-0.4, -0.2) is 50.5 Å². The highest BCUT2D eigenvalue weighted by Crippen LogP contribution is 2.50. The van der Waals surface area contributed by atoms with Crippen LogP contribution in [0.4, 0.5) is 5.69 Å². The van der Waals surface area contributed by atoms with Gasteiger partial charge in [-0.25, -0.2) is 0 Å². The summed E-state index contributed by atoms with van der Waals surface area (Å²) in [7, 11) is 1.51. The SMILES string of the molecule is CCOC(=O)[C@]1(CCBr)C(=O)N(CC)c2cc(OCOC)ccc2[C@@H]1C=O. The van der Waals surface area contributed by atoms with Crippen molar-refractivity contribution in [3.05, 3.63) is 23.8 Å². The predicted octanol–water partition coefficient (Wildman–Crippen LogP) is 2.65. The number of ether oxygens (including phenoxy) is 3. The van der Waals surface area contributed by atoms with Crippen LogP contribution in [0.3, 0.4) is 0 Å². The highest BCUT2D eigenvalue weighted by molar-refractivity contribution is 9.09. The maximum Gasteiger partial charge on any atom is 0.322 e. The van der Waals surface area contributed by atoms with Gasteiger partial charge in [0.15, 0.2) is 12.2 Å². The van der Waals surface area contributed by atoms with E-state index in [1.165, 1.54) is 12.0 Å². The van der Waals surface area contributed by atoms with E-state index in [4.69, 9.17) is 14.2 Å². The average molecular weight is 442 g/mol. The summed E-state index contributed by atoms with van der Waals surface area (Å²) < 4.78 is 15.6. The second kappa shape index (κ2) is 9.32. The van der Waals surface area contributed by atoms with Gasteiger partial charge in [0.1, 0.15) is 12.0 Å². The van der Waals surface area contributed by atoms with E-state index < -0.39 is 23.2 Å². The smallest absolute Gasteiger partial charge is 0.322 e. The van der Waals surface area contributed by atoms with Gasteiger partial charge >= 0.3 is 5.97 Å². The van der Waals surface area contributed by atoms with Crippen molar-refractivity contribution in [2.75, 3.05) is 37.3 Å². The number of rotatable bonds is 9. The summed E-state index contributed by atoms with van der Waals surface area (Å²) in [5.74, 6) is -1.53. The second-order valence-corrected chi connectivity index (χ2v) is 6.86. The molecule has 2 rings (SSSR count). The number of hydrogen-bond acceptors (Lipinski definition) is 6. The Morgan fingerprint density at radius 1 is 1.37 bits per heavy atom. The minimum absolute atomic E-state index is 0.0618. The van der Waals surface area contributed by atoms with Crippen molar-refractivity contribution in [2.45, 2.75) is 26.2 Å². The van der Waals surface area contributed by atoms with E-state index in [0.29, 0.717) is 35.2 Å². The van der Waals surface area contributed by atoms with Crippen molar-refractivity contribution in [1.82, 2.24) is 0 Å². The normalized spacial score (nSPS) is 21.6. The molecule has 0 spiro atoms. The van der Waals surface area contributed by atoms with E-state index in [1.807, 2.05) is 6.92 Å². The second-order valence-electron chi connectivity index (χ2n) is 6.07. The minimum Gasteiger partial charge on any atom is -0.467 e. The van der Waals surface area contributed by atoms with E-state index >= 15 is 0 Å². The van der Waals surface area contributed by atoms with E-state index in [0.717, 1.165) is 0 Å². The third-order valence-electron chi connectivity index (χ3n) is 4.71.